The van der Waals surface area contributed by atoms with E-state index in [4.69, 9.17) is 15.2 Å². The van der Waals surface area contributed by atoms with Crippen LogP contribution in [0.2, 0.25) is 0 Å². The third-order valence-electron chi connectivity index (χ3n) is 3.57. The Labute approximate surface area is 152 Å². The highest BCUT2D eigenvalue weighted by atomic mass is 32.1. The molecule has 5 nitrogen and oxygen atoms in total. The molecule has 0 radical (unpaired) electrons. The first-order valence-corrected chi connectivity index (χ1v) is 8.37. The van der Waals surface area contributed by atoms with Crippen LogP contribution in [0.25, 0.3) is 10.6 Å². The van der Waals surface area contributed by atoms with Crippen molar-refractivity contribution in [1.29, 1.82) is 0 Å². The fraction of sp³-hybridized carbons (Fsp3) is 0.111. The van der Waals surface area contributed by atoms with E-state index in [2.05, 4.69) is 4.98 Å². The Bertz CT molecular complexity index is 942. The van der Waals surface area contributed by atoms with E-state index in [1.54, 1.807) is 12.5 Å². The molecule has 0 aliphatic rings. The molecule has 8 heteroatoms. The normalized spacial score (nSPS) is 10.6. The summed E-state index contributed by atoms with van der Waals surface area (Å²) >= 11 is 1.41. The van der Waals surface area contributed by atoms with Crippen LogP contribution in [0.1, 0.15) is 16.1 Å². The SMILES string of the molecule is COc1ccc(-c2nc(COc3ccc(F)c(C(N)=O)c3F)cs2)cc1. The van der Waals surface area contributed by atoms with Crippen molar-refractivity contribution in [1.82, 2.24) is 4.98 Å². The topological polar surface area (TPSA) is 74.4 Å². The van der Waals surface area contributed by atoms with Crippen molar-refractivity contribution < 1.29 is 23.0 Å². The zero-order valence-corrected chi connectivity index (χ0v) is 14.5. The lowest BCUT2D eigenvalue weighted by Gasteiger charge is -2.08. The highest BCUT2D eigenvalue weighted by Gasteiger charge is 2.19. The number of methoxy groups -OCH3 is 1. The molecule has 3 rings (SSSR count). The first kappa shape index (κ1) is 17.8. The van der Waals surface area contributed by atoms with E-state index in [0.717, 1.165) is 28.5 Å². The Hall–Kier alpha value is -3.00. The number of benzene rings is 2. The van der Waals surface area contributed by atoms with Gasteiger partial charge >= 0.3 is 0 Å². The van der Waals surface area contributed by atoms with Gasteiger partial charge < -0.3 is 15.2 Å². The van der Waals surface area contributed by atoms with Crippen molar-refractivity contribution in [2.45, 2.75) is 6.61 Å². The van der Waals surface area contributed by atoms with Gasteiger partial charge in [-0.1, -0.05) is 0 Å². The summed E-state index contributed by atoms with van der Waals surface area (Å²) in [5.74, 6) is -2.87. The number of amides is 1. The lowest BCUT2D eigenvalue weighted by atomic mass is 10.1. The molecule has 1 amide bonds. The van der Waals surface area contributed by atoms with Crippen LogP contribution in [0.3, 0.4) is 0 Å². The number of halogens is 2. The third kappa shape index (κ3) is 3.65. The van der Waals surface area contributed by atoms with Gasteiger partial charge in [0.25, 0.3) is 5.91 Å². The average molecular weight is 376 g/mol. The minimum atomic E-state index is -1.19. The van der Waals surface area contributed by atoms with Crippen molar-refractivity contribution in [2.24, 2.45) is 5.73 Å². The quantitative estimate of drug-likeness (QED) is 0.711. The monoisotopic (exact) mass is 376 g/mol. The van der Waals surface area contributed by atoms with Crippen LogP contribution >= 0.6 is 11.3 Å². The van der Waals surface area contributed by atoms with E-state index < -0.39 is 23.1 Å². The molecule has 0 atom stereocenters. The molecule has 0 unspecified atom stereocenters. The number of carbonyl (C=O) groups excluding carboxylic acids is 1. The van der Waals surface area contributed by atoms with Gasteiger partial charge in [0.1, 0.15) is 28.7 Å². The third-order valence-corrected chi connectivity index (χ3v) is 4.51. The molecule has 1 aromatic heterocycles. The number of nitrogens with zero attached hydrogens (tertiary/aromatic N) is 1. The van der Waals surface area contributed by atoms with Crippen molar-refractivity contribution in [3.05, 3.63) is 64.7 Å². The number of nitrogens with two attached hydrogens (primary N) is 1. The molecule has 3 aromatic rings. The molecule has 0 spiro atoms. The lowest BCUT2D eigenvalue weighted by molar-refractivity contribution is 0.0991. The Balaban J connectivity index is 1.74. The molecule has 2 N–H and O–H groups in total. The Morgan fingerprint density at radius 2 is 1.92 bits per heavy atom. The number of thiazole rings is 1. The van der Waals surface area contributed by atoms with Crippen LogP contribution in [0.4, 0.5) is 8.78 Å². The van der Waals surface area contributed by atoms with Crippen LogP contribution < -0.4 is 15.2 Å². The van der Waals surface area contributed by atoms with Crippen molar-refractivity contribution in [3.63, 3.8) is 0 Å². The fourth-order valence-corrected chi connectivity index (χ4v) is 3.07. The predicted octanol–water partition coefficient (Wildman–Crippen LogP) is 3.77. The fourth-order valence-electron chi connectivity index (χ4n) is 2.26. The molecule has 134 valence electrons. The van der Waals surface area contributed by atoms with Gasteiger partial charge in [-0.3, -0.25) is 4.79 Å². The Morgan fingerprint density at radius 1 is 1.19 bits per heavy atom. The maximum absolute atomic E-state index is 14.1. The molecule has 0 saturated carbocycles. The van der Waals surface area contributed by atoms with Crippen LogP contribution in [0, 0.1) is 11.6 Å². The summed E-state index contributed by atoms with van der Waals surface area (Å²) in [6, 6.07) is 9.44. The summed E-state index contributed by atoms with van der Waals surface area (Å²) in [5, 5.41) is 2.54. The van der Waals surface area contributed by atoms with Gasteiger partial charge in [-0.25, -0.2) is 13.8 Å². The van der Waals surface area contributed by atoms with E-state index in [1.807, 2.05) is 24.3 Å². The molecule has 0 aliphatic carbocycles. The zero-order valence-electron chi connectivity index (χ0n) is 13.7. The van der Waals surface area contributed by atoms with Gasteiger partial charge in [0.2, 0.25) is 0 Å². The number of hydrogen-bond acceptors (Lipinski definition) is 5. The summed E-state index contributed by atoms with van der Waals surface area (Å²) in [7, 11) is 1.59. The summed E-state index contributed by atoms with van der Waals surface area (Å²) < 4.78 is 38.0. The number of carbonyl (C=O) groups is 1. The van der Waals surface area contributed by atoms with Crippen molar-refractivity contribution >= 4 is 17.2 Å². The standard InChI is InChI=1S/C18H14F2N2O3S/c1-24-12-4-2-10(3-5-12)18-22-11(9-26-18)8-25-14-7-6-13(19)15(16(14)20)17(21)23/h2-7,9H,8H2,1H3,(H2,21,23). The predicted molar refractivity (Wildman–Crippen MR) is 93.3 cm³/mol. The maximum Gasteiger partial charge on any atom is 0.254 e. The number of primary amides is 1. The summed E-state index contributed by atoms with van der Waals surface area (Å²) in [6.45, 7) is -0.0343. The van der Waals surface area contributed by atoms with Crippen LogP contribution in [-0.2, 0) is 6.61 Å². The van der Waals surface area contributed by atoms with Crippen LogP contribution in [0.15, 0.2) is 41.8 Å². The molecule has 2 aromatic carbocycles. The molecular formula is C18H14F2N2O3S. The van der Waals surface area contributed by atoms with Gasteiger partial charge in [0.05, 0.1) is 12.8 Å². The van der Waals surface area contributed by atoms with Crippen LogP contribution in [-0.4, -0.2) is 18.0 Å². The molecule has 0 saturated heterocycles. The van der Waals surface area contributed by atoms with Crippen LogP contribution in [0.5, 0.6) is 11.5 Å². The minimum absolute atomic E-state index is 0.0343. The summed E-state index contributed by atoms with van der Waals surface area (Å²) in [4.78, 5) is 15.6. The van der Waals surface area contributed by atoms with E-state index in [0.29, 0.717) is 5.69 Å². The average Bonchev–Trinajstić information content (AvgIpc) is 3.10. The maximum atomic E-state index is 14.1. The molecular weight excluding hydrogens is 362 g/mol. The van der Waals surface area contributed by atoms with Crippen molar-refractivity contribution in [2.75, 3.05) is 7.11 Å². The van der Waals surface area contributed by atoms with Gasteiger partial charge in [-0.2, -0.15) is 0 Å². The molecule has 0 aliphatic heterocycles. The summed E-state index contributed by atoms with van der Waals surface area (Å²) in [6.07, 6.45) is 0. The smallest absolute Gasteiger partial charge is 0.254 e. The van der Waals surface area contributed by atoms with Gasteiger partial charge in [-0.15, -0.1) is 11.3 Å². The molecule has 26 heavy (non-hydrogen) atoms. The van der Waals surface area contributed by atoms with E-state index in [9.17, 15) is 13.6 Å². The Kier molecular flexibility index (Phi) is 5.13. The highest BCUT2D eigenvalue weighted by Crippen LogP contribution is 2.27. The lowest BCUT2D eigenvalue weighted by Crippen LogP contribution is -2.16. The number of ether oxygens (including phenoxy) is 2. The molecule has 1 heterocycles. The largest absolute Gasteiger partial charge is 0.497 e. The molecule has 0 fully saturated rings. The number of rotatable bonds is 6. The van der Waals surface area contributed by atoms with Crippen molar-refractivity contribution in [3.8, 4) is 22.1 Å². The van der Waals surface area contributed by atoms with E-state index in [-0.39, 0.29) is 12.4 Å². The molecule has 0 bridgehead atoms. The minimum Gasteiger partial charge on any atom is -0.497 e. The number of hydrogen-bond donors (Lipinski definition) is 1. The summed E-state index contributed by atoms with van der Waals surface area (Å²) in [5.41, 5.74) is 5.65. The first-order chi connectivity index (χ1) is 12.5. The van der Waals surface area contributed by atoms with Gasteiger partial charge in [0, 0.05) is 10.9 Å². The second-order valence-corrected chi connectivity index (χ2v) is 6.12. The highest BCUT2D eigenvalue weighted by molar-refractivity contribution is 7.13. The second-order valence-electron chi connectivity index (χ2n) is 5.26. The van der Waals surface area contributed by atoms with Gasteiger partial charge in [0.15, 0.2) is 11.6 Å². The van der Waals surface area contributed by atoms with Gasteiger partial charge in [-0.05, 0) is 36.4 Å². The number of aromatic nitrogens is 1. The first-order valence-electron chi connectivity index (χ1n) is 7.49. The van der Waals surface area contributed by atoms with E-state index in [1.165, 1.54) is 11.3 Å². The zero-order chi connectivity index (χ0) is 18.7. The van der Waals surface area contributed by atoms with E-state index >= 15 is 0 Å². The Morgan fingerprint density at radius 3 is 2.58 bits per heavy atom. The second kappa shape index (κ2) is 7.49.